The molecule has 10 heteroatoms. The summed E-state index contributed by atoms with van der Waals surface area (Å²) < 4.78 is 0.934. The number of nitrogens with two attached hydrogens (primary N) is 1. The number of benzene rings is 1. The molecule has 1 aromatic carbocycles. The van der Waals surface area contributed by atoms with Crippen LogP contribution in [0.4, 0.5) is 0 Å². The van der Waals surface area contributed by atoms with Gasteiger partial charge in [-0.15, -0.1) is 24.8 Å². The van der Waals surface area contributed by atoms with Crippen LogP contribution in [0.3, 0.4) is 0 Å². The Morgan fingerprint density at radius 3 is 2.46 bits per heavy atom. The molecule has 1 amide bonds. The molecule has 138 valence electrons. The Kier molecular flexibility index (Phi) is 8.67. The number of carbonyl (C=O) groups excluding carboxylic acids is 1. The second kappa shape index (κ2) is 10.2. The molecule has 3 aromatic rings. The van der Waals surface area contributed by atoms with Gasteiger partial charge in [-0.3, -0.25) is 14.9 Å². The van der Waals surface area contributed by atoms with E-state index in [1.807, 2.05) is 36.4 Å². The Morgan fingerprint density at radius 2 is 1.81 bits per heavy atom. The van der Waals surface area contributed by atoms with Crippen LogP contribution in [0.25, 0.3) is 11.4 Å². The molecule has 0 radical (unpaired) electrons. The number of hydrogen-bond acceptors (Lipinski definition) is 5. The first kappa shape index (κ1) is 22.0. The summed E-state index contributed by atoms with van der Waals surface area (Å²) in [6.45, 7) is 0.223. The maximum absolute atomic E-state index is 12.2. The molecule has 0 aliphatic rings. The normalized spacial score (nSPS) is 11.0. The van der Waals surface area contributed by atoms with Crippen LogP contribution in [0.1, 0.15) is 17.4 Å². The number of aromatic nitrogens is 4. The number of nitrogens with one attached hydrogen (secondary N) is 2. The summed E-state index contributed by atoms with van der Waals surface area (Å²) in [5.74, 6) is 0.830. The molecule has 0 aliphatic heterocycles. The van der Waals surface area contributed by atoms with Crippen molar-refractivity contribution >= 4 is 46.7 Å². The fraction of sp³-hybridized carbons (Fsp3) is 0.125. The van der Waals surface area contributed by atoms with Crippen LogP contribution in [0, 0.1) is 0 Å². The molecular formula is C16H17BrCl2N6O. The predicted octanol–water partition coefficient (Wildman–Crippen LogP) is 2.79. The van der Waals surface area contributed by atoms with E-state index in [4.69, 9.17) is 5.73 Å². The molecule has 0 saturated carbocycles. The highest BCUT2D eigenvalue weighted by Gasteiger charge is 2.16. The maximum Gasteiger partial charge on any atom is 0.241 e. The maximum atomic E-state index is 12.2. The van der Waals surface area contributed by atoms with E-state index < -0.39 is 6.04 Å². The van der Waals surface area contributed by atoms with Gasteiger partial charge in [-0.1, -0.05) is 28.1 Å². The first-order valence-corrected chi connectivity index (χ1v) is 8.03. The number of carbonyl (C=O) groups is 1. The Bertz CT molecular complexity index is 828. The lowest BCUT2D eigenvalue weighted by atomic mass is 10.1. The van der Waals surface area contributed by atoms with Gasteiger partial charge in [-0.2, -0.15) is 5.10 Å². The minimum Gasteiger partial charge on any atom is -0.347 e. The standard InChI is InChI=1S/C16H15BrN6O.2ClH/c17-12-3-1-10(2-4-12)14(18)16(24)20-9-13-21-15(23-22-13)11-5-7-19-8-6-11;;/h1-8,14H,9,18H2,(H,20,24)(H,21,22,23);2*1H. The van der Waals surface area contributed by atoms with Gasteiger partial charge in [0.05, 0.1) is 6.54 Å². The van der Waals surface area contributed by atoms with Crippen molar-refractivity contribution in [1.29, 1.82) is 0 Å². The van der Waals surface area contributed by atoms with E-state index in [9.17, 15) is 4.79 Å². The van der Waals surface area contributed by atoms with E-state index >= 15 is 0 Å². The van der Waals surface area contributed by atoms with Crippen molar-refractivity contribution < 1.29 is 4.79 Å². The number of halogens is 3. The van der Waals surface area contributed by atoms with Gasteiger partial charge in [-0.25, -0.2) is 4.98 Å². The average molecular weight is 460 g/mol. The minimum atomic E-state index is -0.735. The summed E-state index contributed by atoms with van der Waals surface area (Å²) in [7, 11) is 0. The summed E-state index contributed by atoms with van der Waals surface area (Å²) in [6.07, 6.45) is 3.34. The van der Waals surface area contributed by atoms with Crippen LogP contribution in [0.15, 0.2) is 53.3 Å². The third-order valence-electron chi connectivity index (χ3n) is 3.41. The Hall–Kier alpha value is -2.00. The molecule has 7 nitrogen and oxygen atoms in total. The molecule has 0 saturated heterocycles. The van der Waals surface area contributed by atoms with Gasteiger partial charge in [-0.05, 0) is 29.8 Å². The van der Waals surface area contributed by atoms with E-state index in [0.717, 1.165) is 15.6 Å². The molecule has 0 bridgehead atoms. The van der Waals surface area contributed by atoms with Gasteiger partial charge in [0.1, 0.15) is 11.9 Å². The van der Waals surface area contributed by atoms with Crippen LogP contribution in [0.2, 0.25) is 0 Å². The lowest BCUT2D eigenvalue weighted by Crippen LogP contribution is -2.33. The van der Waals surface area contributed by atoms with Crippen molar-refractivity contribution in [1.82, 2.24) is 25.5 Å². The van der Waals surface area contributed by atoms with Gasteiger partial charge in [0.15, 0.2) is 5.82 Å². The number of aromatic amines is 1. The molecule has 3 rings (SSSR count). The van der Waals surface area contributed by atoms with Crippen LogP contribution in [-0.4, -0.2) is 26.1 Å². The van der Waals surface area contributed by atoms with Gasteiger partial charge in [0.2, 0.25) is 5.91 Å². The van der Waals surface area contributed by atoms with Crippen molar-refractivity contribution in [2.45, 2.75) is 12.6 Å². The van der Waals surface area contributed by atoms with E-state index in [1.54, 1.807) is 12.4 Å². The van der Waals surface area contributed by atoms with Gasteiger partial charge < -0.3 is 11.1 Å². The van der Waals surface area contributed by atoms with Crippen molar-refractivity contribution in [2.75, 3.05) is 0 Å². The largest absolute Gasteiger partial charge is 0.347 e. The van der Waals surface area contributed by atoms with E-state index in [-0.39, 0.29) is 37.3 Å². The molecule has 2 heterocycles. The molecule has 26 heavy (non-hydrogen) atoms. The molecule has 0 aliphatic carbocycles. The quantitative estimate of drug-likeness (QED) is 0.543. The third kappa shape index (κ3) is 5.50. The zero-order chi connectivity index (χ0) is 16.9. The average Bonchev–Trinajstić information content (AvgIpc) is 3.09. The topological polar surface area (TPSA) is 110 Å². The zero-order valence-electron chi connectivity index (χ0n) is 13.4. The van der Waals surface area contributed by atoms with Gasteiger partial charge >= 0.3 is 0 Å². The number of pyridine rings is 1. The van der Waals surface area contributed by atoms with E-state index in [2.05, 4.69) is 41.4 Å². The first-order chi connectivity index (χ1) is 11.6. The summed E-state index contributed by atoms with van der Waals surface area (Å²) in [5, 5.41) is 9.68. The second-order valence-electron chi connectivity index (χ2n) is 5.09. The number of amides is 1. The highest BCUT2D eigenvalue weighted by Crippen LogP contribution is 2.16. The van der Waals surface area contributed by atoms with E-state index in [1.165, 1.54) is 0 Å². The SMILES string of the molecule is Cl.Cl.NC(C(=O)NCc1nc(-c2ccncc2)n[nH]1)c1ccc(Br)cc1. The van der Waals surface area contributed by atoms with E-state index in [0.29, 0.717) is 11.6 Å². The first-order valence-electron chi connectivity index (χ1n) is 7.24. The lowest BCUT2D eigenvalue weighted by Gasteiger charge is -2.11. The van der Waals surface area contributed by atoms with Gasteiger partial charge in [0, 0.05) is 22.4 Å². The molecule has 1 unspecified atom stereocenters. The minimum absolute atomic E-state index is 0. The zero-order valence-corrected chi connectivity index (χ0v) is 16.6. The molecule has 4 N–H and O–H groups in total. The molecule has 0 spiro atoms. The molecule has 0 fully saturated rings. The van der Waals surface area contributed by atoms with Crippen LogP contribution >= 0.6 is 40.7 Å². The Balaban J connectivity index is 0.00000169. The number of rotatable bonds is 5. The Labute approximate surface area is 171 Å². The van der Waals surface area contributed by atoms with Gasteiger partial charge in [0.25, 0.3) is 0 Å². The summed E-state index contributed by atoms with van der Waals surface area (Å²) >= 11 is 3.35. The number of H-pyrrole nitrogens is 1. The van der Waals surface area contributed by atoms with Crippen LogP contribution < -0.4 is 11.1 Å². The number of nitrogens with zero attached hydrogens (tertiary/aromatic N) is 3. The van der Waals surface area contributed by atoms with Crippen molar-refractivity contribution in [3.05, 3.63) is 64.7 Å². The number of hydrogen-bond donors (Lipinski definition) is 3. The fourth-order valence-electron chi connectivity index (χ4n) is 2.11. The predicted molar refractivity (Wildman–Crippen MR) is 107 cm³/mol. The Morgan fingerprint density at radius 1 is 1.15 bits per heavy atom. The molecule has 1 atom stereocenters. The summed E-state index contributed by atoms with van der Waals surface area (Å²) in [5.41, 5.74) is 7.56. The highest BCUT2D eigenvalue weighted by atomic mass is 79.9. The third-order valence-corrected chi connectivity index (χ3v) is 3.94. The molecule has 2 aromatic heterocycles. The lowest BCUT2D eigenvalue weighted by molar-refractivity contribution is -0.122. The summed E-state index contributed by atoms with van der Waals surface area (Å²) in [6, 6.07) is 10.2. The van der Waals surface area contributed by atoms with Crippen molar-refractivity contribution in [3.63, 3.8) is 0 Å². The molecular weight excluding hydrogens is 443 g/mol. The van der Waals surface area contributed by atoms with Crippen LogP contribution in [-0.2, 0) is 11.3 Å². The smallest absolute Gasteiger partial charge is 0.241 e. The monoisotopic (exact) mass is 458 g/mol. The van der Waals surface area contributed by atoms with Crippen LogP contribution in [0.5, 0.6) is 0 Å². The van der Waals surface area contributed by atoms with Crippen molar-refractivity contribution in [3.8, 4) is 11.4 Å². The van der Waals surface area contributed by atoms with Crippen molar-refractivity contribution in [2.24, 2.45) is 5.73 Å². The fourth-order valence-corrected chi connectivity index (χ4v) is 2.37. The highest BCUT2D eigenvalue weighted by molar-refractivity contribution is 9.10. The second-order valence-corrected chi connectivity index (χ2v) is 6.00. The summed E-state index contributed by atoms with van der Waals surface area (Å²) in [4.78, 5) is 20.5.